The summed E-state index contributed by atoms with van der Waals surface area (Å²) in [4.78, 5) is 14.5. The third-order valence-corrected chi connectivity index (χ3v) is 2.90. The zero-order valence-corrected chi connectivity index (χ0v) is 13.0. The standard InChI is InChI=1S/C16H25NO3/c1-11(2)9-17(10-12(3)4)16(19)15-13(18)7-6-8-14(15)20-5/h6-8,11-12,18H,9-10H2,1-5H3. The normalized spacial score (nSPS) is 10.9. The summed E-state index contributed by atoms with van der Waals surface area (Å²) < 4.78 is 5.20. The van der Waals surface area contributed by atoms with E-state index in [0.29, 0.717) is 30.7 Å². The molecule has 0 bridgehead atoms. The van der Waals surface area contributed by atoms with Gasteiger partial charge in [-0.1, -0.05) is 33.8 Å². The molecule has 0 heterocycles. The van der Waals surface area contributed by atoms with Gasteiger partial charge in [-0.2, -0.15) is 0 Å². The molecule has 0 unspecified atom stereocenters. The van der Waals surface area contributed by atoms with Crippen molar-refractivity contribution in [2.75, 3.05) is 20.2 Å². The van der Waals surface area contributed by atoms with E-state index < -0.39 is 0 Å². The van der Waals surface area contributed by atoms with Gasteiger partial charge in [0.1, 0.15) is 17.1 Å². The second-order valence-electron chi connectivity index (χ2n) is 5.85. The minimum absolute atomic E-state index is 0.0353. The quantitative estimate of drug-likeness (QED) is 0.870. The Balaban J connectivity index is 3.11. The molecule has 1 aromatic rings. The van der Waals surface area contributed by atoms with Gasteiger partial charge in [-0.25, -0.2) is 0 Å². The number of nitrogens with zero attached hydrogens (tertiary/aromatic N) is 1. The van der Waals surface area contributed by atoms with E-state index in [1.54, 1.807) is 17.0 Å². The Kier molecular flexibility index (Phi) is 5.86. The fourth-order valence-corrected chi connectivity index (χ4v) is 2.18. The Hall–Kier alpha value is -1.71. The summed E-state index contributed by atoms with van der Waals surface area (Å²) in [6.07, 6.45) is 0. The molecule has 0 aliphatic heterocycles. The van der Waals surface area contributed by atoms with Gasteiger partial charge in [0.2, 0.25) is 0 Å². The fraction of sp³-hybridized carbons (Fsp3) is 0.562. The van der Waals surface area contributed by atoms with Crippen LogP contribution in [-0.2, 0) is 0 Å². The minimum atomic E-state index is -0.178. The molecule has 20 heavy (non-hydrogen) atoms. The number of phenols is 1. The fourth-order valence-electron chi connectivity index (χ4n) is 2.18. The third-order valence-electron chi connectivity index (χ3n) is 2.90. The van der Waals surface area contributed by atoms with Gasteiger partial charge >= 0.3 is 0 Å². The molecule has 1 rings (SSSR count). The molecule has 4 heteroatoms. The van der Waals surface area contributed by atoms with Crippen molar-refractivity contribution in [3.8, 4) is 11.5 Å². The highest BCUT2D eigenvalue weighted by atomic mass is 16.5. The molecule has 112 valence electrons. The lowest BCUT2D eigenvalue weighted by Crippen LogP contribution is -2.37. The first-order chi connectivity index (χ1) is 9.36. The third kappa shape index (κ3) is 4.15. The van der Waals surface area contributed by atoms with Gasteiger partial charge in [0.15, 0.2) is 0 Å². The van der Waals surface area contributed by atoms with E-state index in [2.05, 4.69) is 27.7 Å². The molecule has 0 aliphatic rings. The number of amides is 1. The summed E-state index contributed by atoms with van der Waals surface area (Å²) in [7, 11) is 1.50. The van der Waals surface area contributed by atoms with Crippen molar-refractivity contribution in [1.29, 1.82) is 0 Å². The number of hydrogen-bond donors (Lipinski definition) is 1. The van der Waals surface area contributed by atoms with Crippen molar-refractivity contribution in [3.63, 3.8) is 0 Å². The van der Waals surface area contributed by atoms with Crippen molar-refractivity contribution in [2.45, 2.75) is 27.7 Å². The van der Waals surface area contributed by atoms with Gasteiger partial charge in [-0.05, 0) is 24.0 Å². The number of hydrogen-bond acceptors (Lipinski definition) is 3. The Morgan fingerprint density at radius 1 is 1.20 bits per heavy atom. The van der Waals surface area contributed by atoms with E-state index in [9.17, 15) is 9.90 Å². The molecule has 0 spiro atoms. The average Bonchev–Trinajstić information content (AvgIpc) is 2.35. The van der Waals surface area contributed by atoms with Gasteiger partial charge in [0.25, 0.3) is 5.91 Å². The van der Waals surface area contributed by atoms with Crippen LogP contribution in [-0.4, -0.2) is 36.1 Å². The molecule has 0 aliphatic carbocycles. The number of benzene rings is 1. The SMILES string of the molecule is COc1cccc(O)c1C(=O)N(CC(C)C)CC(C)C. The Morgan fingerprint density at radius 3 is 2.20 bits per heavy atom. The summed E-state index contributed by atoms with van der Waals surface area (Å²) in [5.74, 6) is 0.936. The van der Waals surface area contributed by atoms with Crippen molar-refractivity contribution >= 4 is 5.91 Å². The predicted molar refractivity (Wildman–Crippen MR) is 80.2 cm³/mol. The summed E-state index contributed by atoms with van der Waals surface area (Å²) >= 11 is 0. The smallest absolute Gasteiger partial charge is 0.261 e. The molecule has 0 fully saturated rings. The van der Waals surface area contributed by atoms with Crippen LogP contribution in [0, 0.1) is 11.8 Å². The van der Waals surface area contributed by atoms with Crippen LogP contribution in [0.25, 0.3) is 0 Å². The van der Waals surface area contributed by atoms with Gasteiger partial charge in [0, 0.05) is 13.1 Å². The summed E-state index contributed by atoms with van der Waals surface area (Å²) in [6, 6.07) is 4.87. The second kappa shape index (κ2) is 7.17. The van der Waals surface area contributed by atoms with Crippen molar-refractivity contribution < 1.29 is 14.6 Å². The number of carbonyl (C=O) groups excluding carboxylic acids is 1. The van der Waals surface area contributed by atoms with Crippen molar-refractivity contribution in [1.82, 2.24) is 4.90 Å². The van der Waals surface area contributed by atoms with Crippen LogP contribution in [0.15, 0.2) is 18.2 Å². The molecule has 0 aromatic heterocycles. The Bertz CT molecular complexity index is 445. The van der Waals surface area contributed by atoms with E-state index in [4.69, 9.17) is 4.74 Å². The summed E-state index contributed by atoms with van der Waals surface area (Å²) in [5.41, 5.74) is 0.247. The molecule has 0 radical (unpaired) electrons. The maximum absolute atomic E-state index is 12.7. The van der Waals surface area contributed by atoms with Crippen LogP contribution < -0.4 is 4.74 Å². The molecular formula is C16H25NO3. The highest BCUT2D eigenvalue weighted by molar-refractivity contribution is 5.99. The number of aromatic hydroxyl groups is 1. The molecule has 0 atom stereocenters. The highest BCUT2D eigenvalue weighted by Gasteiger charge is 2.24. The van der Waals surface area contributed by atoms with Gasteiger partial charge < -0.3 is 14.7 Å². The van der Waals surface area contributed by atoms with Crippen molar-refractivity contribution in [2.24, 2.45) is 11.8 Å². The number of ether oxygens (including phenoxy) is 1. The number of rotatable bonds is 6. The highest BCUT2D eigenvalue weighted by Crippen LogP contribution is 2.29. The summed E-state index contributed by atoms with van der Waals surface area (Å²) in [5, 5.41) is 9.98. The van der Waals surface area contributed by atoms with E-state index in [0.717, 1.165) is 0 Å². The zero-order valence-electron chi connectivity index (χ0n) is 13.0. The number of methoxy groups -OCH3 is 1. The van der Waals surface area contributed by atoms with Gasteiger partial charge in [0.05, 0.1) is 7.11 Å². The molecule has 1 N–H and O–H groups in total. The van der Waals surface area contributed by atoms with Crippen LogP contribution in [0.2, 0.25) is 0 Å². The van der Waals surface area contributed by atoms with Crippen LogP contribution in [0.5, 0.6) is 11.5 Å². The van der Waals surface area contributed by atoms with E-state index >= 15 is 0 Å². The molecule has 0 saturated heterocycles. The molecule has 1 aromatic carbocycles. The first-order valence-electron chi connectivity index (χ1n) is 7.02. The lowest BCUT2D eigenvalue weighted by molar-refractivity contribution is 0.0708. The summed E-state index contributed by atoms with van der Waals surface area (Å²) in [6.45, 7) is 9.61. The zero-order chi connectivity index (χ0) is 15.3. The lowest BCUT2D eigenvalue weighted by atomic mass is 10.1. The second-order valence-corrected chi connectivity index (χ2v) is 5.85. The Morgan fingerprint density at radius 2 is 1.75 bits per heavy atom. The first-order valence-corrected chi connectivity index (χ1v) is 7.02. The van der Waals surface area contributed by atoms with Crippen LogP contribution in [0.1, 0.15) is 38.1 Å². The van der Waals surface area contributed by atoms with Crippen LogP contribution in [0.3, 0.4) is 0 Å². The van der Waals surface area contributed by atoms with Crippen molar-refractivity contribution in [3.05, 3.63) is 23.8 Å². The largest absolute Gasteiger partial charge is 0.507 e. The predicted octanol–water partition coefficient (Wildman–Crippen LogP) is 3.16. The minimum Gasteiger partial charge on any atom is -0.507 e. The van der Waals surface area contributed by atoms with E-state index in [1.165, 1.54) is 13.2 Å². The lowest BCUT2D eigenvalue weighted by Gasteiger charge is -2.27. The monoisotopic (exact) mass is 279 g/mol. The van der Waals surface area contributed by atoms with Crippen LogP contribution in [0.4, 0.5) is 0 Å². The molecule has 0 saturated carbocycles. The molecular weight excluding hydrogens is 254 g/mol. The van der Waals surface area contributed by atoms with E-state index in [-0.39, 0.29) is 17.2 Å². The topological polar surface area (TPSA) is 49.8 Å². The molecule has 1 amide bonds. The number of phenolic OH excluding ortho intramolecular Hbond substituents is 1. The molecule has 4 nitrogen and oxygen atoms in total. The first kappa shape index (κ1) is 16.3. The van der Waals surface area contributed by atoms with E-state index in [1.807, 2.05) is 0 Å². The van der Waals surface area contributed by atoms with Gasteiger partial charge in [-0.15, -0.1) is 0 Å². The maximum Gasteiger partial charge on any atom is 0.261 e. The Labute approximate surface area is 121 Å². The maximum atomic E-state index is 12.7. The van der Waals surface area contributed by atoms with Gasteiger partial charge in [-0.3, -0.25) is 4.79 Å². The van der Waals surface area contributed by atoms with Crippen LogP contribution >= 0.6 is 0 Å². The number of carbonyl (C=O) groups is 1. The average molecular weight is 279 g/mol.